The summed E-state index contributed by atoms with van der Waals surface area (Å²) >= 11 is 0. The van der Waals surface area contributed by atoms with Crippen molar-refractivity contribution in [2.24, 2.45) is 0 Å². The van der Waals surface area contributed by atoms with Crippen LogP contribution in [0.15, 0.2) is 24.3 Å². The van der Waals surface area contributed by atoms with Gasteiger partial charge in [-0.25, -0.2) is 4.79 Å². The number of carbonyl (C=O) groups is 1. The van der Waals surface area contributed by atoms with Gasteiger partial charge in [0.05, 0.1) is 29.8 Å². The van der Waals surface area contributed by atoms with E-state index in [0.29, 0.717) is 11.5 Å². The Morgan fingerprint density at radius 2 is 1.58 bits per heavy atom. The van der Waals surface area contributed by atoms with Crippen molar-refractivity contribution in [2.45, 2.75) is 70.7 Å². The lowest BCUT2D eigenvalue weighted by Gasteiger charge is -2.31. The van der Waals surface area contributed by atoms with Crippen LogP contribution in [0.3, 0.4) is 0 Å². The molecule has 0 radical (unpaired) electrons. The molecule has 0 N–H and O–H groups in total. The highest BCUT2D eigenvalue weighted by Gasteiger charge is 2.27. The second-order valence-corrected chi connectivity index (χ2v) is 20.4. The third-order valence-corrected chi connectivity index (χ3v) is 8.39. The van der Waals surface area contributed by atoms with Gasteiger partial charge in [-0.3, -0.25) is 0 Å². The van der Waals surface area contributed by atoms with Gasteiger partial charge in [-0.15, -0.1) is 0 Å². The normalized spacial score (nSPS) is 13.9. The molecule has 1 aromatic rings. The Kier molecular flexibility index (Phi) is 11.2. The summed E-state index contributed by atoms with van der Waals surface area (Å²) in [6, 6.07) is 6.48. The summed E-state index contributed by atoms with van der Waals surface area (Å²) in [5.74, 6) is 0.880. The number of esters is 1. The summed E-state index contributed by atoms with van der Waals surface area (Å²) in [5.41, 5.74) is 0.837. The van der Waals surface area contributed by atoms with E-state index < -0.39 is 26.2 Å². The smallest absolute Gasteiger partial charge is 0.331 e. The largest absolute Gasteiger partial charge is 0.493 e. The highest BCUT2D eigenvalue weighted by Crippen LogP contribution is 2.28. The Morgan fingerprint density at radius 3 is 2.10 bits per heavy atom. The summed E-state index contributed by atoms with van der Waals surface area (Å²) in [6.45, 7) is 15.1. The maximum Gasteiger partial charge on any atom is 0.331 e. The lowest BCUT2D eigenvalue weighted by molar-refractivity contribution is -0.142. The van der Waals surface area contributed by atoms with Crippen LogP contribution < -0.4 is 9.47 Å². The molecule has 0 amide bonds. The van der Waals surface area contributed by atoms with Gasteiger partial charge in [0.1, 0.15) is 5.91 Å². The summed E-state index contributed by atoms with van der Waals surface area (Å²) in [4.78, 5) is 12.2. The fourth-order valence-corrected chi connectivity index (χ4v) is 9.78. The topological polar surface area (TPSA) is 63.2 Å². The molecule has 0 aliphatic carbocycles. The Hall–Kier alpha value is -1.40. The molecule has 0 saturated carbocycles. The van der Waals surface area contributed by atoms with E-state index in [0.717, 1.165) is 18.0 Å². The van der Waals surface area contributed by atoms with Gasteiger partial charge >= 0.3 is 5.97 Å². The third-order valence-electron chi connectivity index (χ3n) is 4.16. The van der Waals surface area contributed by atoms with Gasteiger partial charge in [0.25, 0.3) is 0 Å². The highest BCUT2D eigenvalue weighted by molar-refractivity contribution is 6.71. The van der Waals surface area contributed by atoms with Crippen LogP contribution in [-0.2, 0) is 18.4 Å². The molecule has 1 atom stereocenters. The molecule has 1 rings (SSSR count). The van der Waals surface area contributed by atoms with Crippen molar-refractivity contribution in [3.8, 4) is 11.5 Å². The first-order valence-electron chi connectivity index (χ1n) is 10.8. The number of methoxy groups -OCH3 is 2. The first kappa shape index (κ1) is 27.6. The van der Waals surface area contributed by atoms with E-state index in [4.69, 9.17) is 23.1 Å². The Balaban J connectivity index is 2.53. The predicted molar refractivity (Wildman–Crippen MR) is 135 cm³/mol. The number of carbonyl (C=O) groups excluding carboxylic acids is 1. The molecule has 0 saturated heterocycles. The highest BCUT2D eigenvalue weighted by atomic mass is 28.4. The van der Waals surface area contributed by atoms with Gasteiger partial charge in [0, 0.05) is 6.08 Å². The minimum absolute atomic E-state index is 0.0359. The van der Waals surface area contributed by atoms with Gasteiger partial charge < -0.3 is 23.1 Å². The van der Waals surface area contributed by atoms with Gasteiger partial charge in [0.15, 0.2) is 28.1 Å². The standard InChI is InChI=1S/C22H40O6Si3/c1-17(14-15-29-22(27-30(4,5)6)28-31(7,8)9)26-21(23)13-11-18-10-12-19(24-2)20(16-18)25-3/h10-13,16-17,22H,14-15,29H2,1-9H3. The van der Waals surface area contributed by atoms with E-state index in [-0.39, 0.29) is 18.0 Å². The number of ether oxygens (including phenoxy) is 3. The lowest BCUT2D eigenvalue weighted by Crippen LogP contribution is -2.43. The Labute approximate surface area is 192 Å². The predicted octanol–water partition coefficient (Wildman–Crippen LogP) is 4.61. The molecule has 6 nitrogen and oxygen atoms in total. The maximum atomic E-state index is 12.2. The summed E-state index contributed by atoms with van der Waals surface area (Å²) in [6.07, 6.45) is 3.84. The van der Waals surface area contributed by atoms with Gasteiger partial charge in [-0.1, -0.05) is 12.1 Å². The minimum atomic E-state index is -1.66. The average molecular weight is 485 g/mol. The molecule has 1 aromatic carbocycles. The van der Waals surface area contributed by atoms with Gasteiger partial charge in [-0.2, -0.15) is 0 Å². The molecule has 1 unspecified atom stereocenters. The van der Waals surface area contributed by atoms with Crippen molar-refractivity contribution >= 4 is 38.2 Å². The molecule has 176 valence electrons. The van der Waals surface area contributed by atoms with Crippen LogP contribution in [0.25, 0.3) is 6.08 Å². The maximum absolute atomic E-state index is 12.2. The van der Waals surface area contributed by atoms with Crippen molar-refractivity contribution < 1.29 is 27.9 Å². The van der Waals surface area contributed by atoms with Crippen LogP contribution in [0.4, 0.5) is 0 Å². The van der Waals surface area contributed by atoms with Crippen LogP contribution in [0.2, 0.25) is 45.3 Å². The molecule has 0 aliphatic heterocycles. The van der Waals surface area contributed by atoms with Crippen LogP contribution in [0.5, 0.6) is 11.5 Å². The summed E-state index contributed by atoms with van der Waals surface area (Å²) in [5, 5.41) is 0. The molecular weight excluding hydrogens is 444 g/mol. The zero-order chi connectivity index (χ0) is 23.7. The fraction of sp³-hybridized carbons (Fsp3) is 0.591. The number of hydrogen-bond donors (Lipinski definition) is 0. The van der Waals surface area contributed by atoms with Crippen LogP contribution in [0, 0.1) is 0 Å². The quantitative estimate of drug-likeness (QED) is 0.176. The van der Waals surface area contributed by atoms with E-state index in [2.05, 4.69) is 39.3 Å². The average Bonchev–Trinajstić information content (AvgIpc) is 2.63. The van der Waals surface area contributed by atoms with Crippen molar-refractivity contribution in [3.63, 3.8) is 0 Å². The minimum Gasteiger partial charge on any atom is -0.493 e. The number of hydrogen-bond acceptors (Lipinski definition) is 6. The Morgan fingerprint density at radius 1 is 1.00 bits per heavy atom. The van der Waals surface area contributed by atoms with E-state index >= 15 is 0 Å². The Bertz CT molecular complexity index is 709. The van der Waals surface area contributed by atoms with Crippen molar-refractivity contribution in [1.82, 2.24) is 0 Å². The van der Waals surface area contributed by atoms with Crippen molar-refractivity contribution in [1.29, 1.82) is 0 Å². The molecule has 0 aliphatic rings. The second-order valence-electron chi connectivity index (χ2n) is 9.52. The summed E-state index contributed by atoms with van der Waals surface area (Å²) < 4.78 is 28.6. The van der Waals surface area contributed by atoms with E-state index in [9.17, 15) is 4.79 Å². The van der Waals surface area contributed by atoms with E-state index in [1.54, 1.807) is 26.4 Å². The second kappa shape index (κ2) is 12.6. The molecule has 0 spiro atoms. The number of rotatable bonds is 13. The van der Waals surface area contributed by atoms with Crippen LogP contribution in [-0.4, -0.2) is 58.4 Å². The number of benzene rings is 1. The van der Waals surface area contributed by atoms with E-state index in [1.165, 1.54) is 6.08 Å². The van der Waals surface area contributed by atoms with Gasteiger partial charge in [-0.05, 0) is 76.4 Å². The zero-order valence-electron chi connectivity index (χ0n) is 20.6. The monoisotopic (exact) mass is 484 g/mol. The van der Waals surface area contributed by atoms with Crippen LogP contribution in [0.1, 0.15) is 18.9 Å². The zero-order valence-corrected chi connectivity index (χ0v) is 24.0. The third kappa shape index (κ3) is 12.3. The molecule has 9 heteroatoms. The summed E-state index contributed by atoms with van der Waals surface area (Å²) in [7, 11) is -0.735. The molecule has 31 heavy (non-hydrogen) atoms. The molecule has 0 bridgehead atoms. The SMILES string of the molecule is COc1ccc(C=CC(=O)OC(C)CC[SiH2]C(O[Si](C)(C)C)O[Si](C)(C)C)cc1OC. The van der Waals surface area contributed by atoms with Crippen molar-refractivity contribution in [3.05, 3.63) is 29.8 Å². The molecular formula is C22H40O6Si3. The molecule has 0 fully saturated rings. The molecule has 0 aromatic heterocycles. The fourth-order valence-electron chi connectivity index (χ4n) is 2.92. The van der Waals surface area contributed by atoms with E-state index in [1.807, 2.05) is 19.1 Å². The lowest BCUT2D eigenvalue weighted by atomic mass is 10.2. The van der Waals surface area contributed by atoms with Gasteiger partial charge in [0.2, 0.25) is 0 Å². The first-order chi connectivity index (χ1) is 14.3. The first-order valence-corrected chi connectivity index (χ1v) is 19.4. The van der Waals surface area contributed by atoms with Crippen LogP contribution >= 0.6 is 0 Å². The van der Waals surface area contributed by atoms with Crippen molar-refractivity contribution in [2.75, 3.05) is 14.2 Å². The molecule has 0 heterocycles.